The molecule has 17 heteroatoms. The van der Waals surface area contributed by atoms with Gasteiger partial charge in [-0.15, -0.1) is 0 Å². The summed E-state index contributed by atoms with van der Waals surface area (Å²) in [6.07, 6.45) is 6.79. The van der Waals surface area contributed by atoms with Crippen molar-refractivity contribution in [3.05, 3.63) is 83.0 Å². The Morgan fingerprint density at radius 3 is 2.44 bits per heavy atom. The first-order valence-corrected chi connectivity index (χ1v) is 17.9. The number of carbonyl (C=O) groups is 3. The summed E-state index contributed by atoms with van der Waals surface area (Å²) >= 11 is 13.7. The predicted molar refractivity (Wildman–Crippen MR) is 181 cm³/mol. The number of fused-ring (bicyclic) bond motifs is 1. The fraction of sp³-hybridized carbons (Fsp3) is 0.258. The molecule has 2 fully saturated rings. The summed E-state index contributed by atoms with van der Waals surface area (Å²) in [5, 5.41) is 2.95. The van der Waals surface area contributed by atoms with E-state index in [2.05, 4.69) is 25.3 Å². The maximum Gasteiger partial charge on any atom is 0.266 e. The summed E-state index contributed by atoms with van der Waals surface area (Å²) in [6, 6.07) is 11.0. The van der Waals surface area contributed by atoms with Gasteiger partial charge in [0.15, 0.2) is 10.2 Å². The molecule has 4 aromatic rings. The lowest BCUT2D eigenvalue weighted by molar-refractivity contribution is -0.124. The Balaban J connectivity index is 1.30. The summed E-state index contributed by atoms with van der Waals surface area (Å²) in [7, 11) is -4.41. The van der Waals surface area contributed by atoms with E-state index < -0.39 is 33.4 Å². The highest BCUT2D eigenvalue weighted by molar-refractivity contribution is 8.15. The van der Waals surface area contributed by atoms with Gasteiger partial charge in [0.05, 0.1) is 17.6 Å². The van der Waals surface area contributed by atoms with Crippen molar-refractivity contribution in [1.82, 2.24) is 29.1 Å². The van der Waals surface area contributed by atoms with Crippen LogP contribution in [0.3, 0.4) is 0 Å². The molecule has 0 radical (unpaired) electrons. The van der Waals surface area contributed by atoms with Gasteiger partial charge in [0, 0.05) is 41.0 Å². The Morgan fingerprint density at radius 2 is 1.77 bits per heavy atom. The smallest absolute Gasteiger partial charge is 0.266 e. The van der Waals surface area contributed by atoms with Crippen molar-refractivity contribution in [1.29, 1.82) is 0 Å². The van der Waals surface area contributed by atoms with Gasteiger partial charge < -0.3 is 5.32 Å². The zero-order valence-electron chi connectivity index (χ0n) is 25.2. The lowest BCUT2D eigenvalue weighted by Crippen LogP contribution is -2.45. The molecule has 2 saturated heterocycles. The topological polar surface area (TPSA) is 160 Å². The zero-order valence-corrected chi connectivity index (χ0v) is 28.4. The summed E-state index contributed by atoms with van der Waals surface area (Å²) in [5.74, 6) is -1.22. The quantitative estimate of drug-likeness (QED) is 0.295. The second kappa shape index (κ2) is 12.4. The van der Waals surface area contributed by atoms with Crippen LogP contribution >= 0.6 is 35.0 Å². The molecule has 0 spiro atoms. The Bertz CT molecular complexity index is 2090. The molecule has 3 aliphatic rings. The number of amides is 3. The van der Waals surface area contributed by atoms with Gasteiger partial charge in [-0.05, 0) is 49.1 Å². The molecule has 7 rings (SSSR count). The number of nitrogens with one attached hydrogen (secondary N) is 1. The number of hydrogen-bond acceptors (Lipinski definition) is 9. The van der Waals surface area contributed by atoms with Gasteiger partial charge in [-0.3, -0.25) is 19.0 Å². The third-order valence-electron chi connectivity index (χ3n) is 8.43. The van der Waals surface area contributed by atoms with Gasteiger partial charge in [0.1, 0.15) is 17.9 Å². The van der Waals surface area contributed by atoms with E-state index in [0.29, 0.717) is 12.1 Å². The summed E-state index contributed by atoms with van der Waals surface area (Å²) < 4.78 is 31.4. The van der Waals surface area contributed by atoms with Gasteiger partial charge in [0.25, 0.3) is 21.8 Å². The minimum atomic E-state index is -4.41. The van der Waals surface area contributed by atoms with E-state index in [1.807, 2.05) is 24.3 Å². The van der Waals surface area contributed by atoms with E-state index in [4.69, 9.17) is 23.2 Å². The fourth-order valence-corrected chi connectivity index (χ4v) is 9.26. The highest BCUT2D eigenvalue weighted by Crippen LogP contribution is 2.45. The predicted octanol–water partition coefficient (Wildman–Crippen LogP) is 4.18. The molecule has 0 aliphatic carbocycles. The molecule has 5 heterocycles. The van der Waals surface area contributed by atoms with Crippen molar-refractivity contribution in [2.75, 3.05) is 17.2 Å². The number of aliphatic imine (C=N–C) groups is 1. The van der Waals surface area contributed by atoms with Crippen LogP contribution in [0.5, 0.6) is 0 Å². The van der Waals surface area contributed by atoms with Crippen molar-refractivity contribution < 1.29 is 22.8 Å². The molecular formula is C31H26Cl2N8O5S2. The molecular weight excluding hydrogens is 699 g/mol. The second-order valence-electron chi connectivity index (χ2n) is 11.6. The van der Waals surface area contributed by atoms with Crippen LogP contribution in [-0.2, 0) is 36.4 Å². The van der Waals surface area contributed by atoms with Crippen molar-refractivity contribution in [3.8, 4) is 11.1 Å². The van der Waals surface area contributed by atoms with Crippen LogP contribution in [0.4, 0.5) is 11.6 Å². The molecule has 246 valence electrons. The Morgan fingerprint density at radius 1 is 1.06 bits per heavy atom. The molecule has 2 atom stereocenters. The Hall–Kier alpha value is -4.15. The first kappa shape index (κ1) is 32.4. The monoisotopic (exact) mass is 724 g/mol. The van der Waals surface area contributed by atoms with E-state index in [0.717, 1.165) is 32.8 Å². The lowest BCUT2D eigenvalue weighted by Gasteiger charge is -2.28. The molecule has 3 amide bonds. The molecule has 1 N–H and O–H groups in total. The molecule has 2 unspecified atom stereocenters. The molecule has 3 aliphatic heterocycles. The first-order valence-electron chi connectivity index (χ1n) is 14.8. The minimum Gasteiger partial charge on any atom is -0.304 e. The molecule has 0 saturated carbocycles. The highest BCUT2D eigenvalue weighted by atomic mass is 35.5. The molecule has 2 aromatic carbocycles. The van der Waals surface area contributed by atoms with Crippen LogP contribution in [0.15, 0.2) is 77.4 Å². The number of rotatable bonds is 7. The van der Waals surface area contributed by atoms with Crippen LogP contribution in [0.25, 0.3) is 11.1 Å². The normalized spacial score (nSPS) is 22.0. The van der Waals surface area contributed by atoms with Gasteiger partial charge in [0.2, 0.25) is 11.9 Å². The second-order valence-corrected chi connectivity index (χ2v) is 15.3. The Kier molecular flexibility index (Phi) is 8.36. The van der Waals surface area contributed by atoms with E-state index in [9.17, 15) is 22.8 Å². The third-order valence-corrected chi connectivity index (χ3v) is 11.6. The number of sulfonamides is 1. The molecule has 13 nitrogen and oxygen atoms in total. The number of anilines is 2. The molecule has 0 bridgehead atoms. The van der Waals surface area contributed by atoms with Crippen molar-refractivity contribution in [3.63, 3.8) is 0 Å². The summed E-state index contributed by atoms with van der Waals surface area (Å²) in [6.45, 7) is 1.72. The first-order chi connectivity index (χ1) is 23.0. The van der Waals surface area contributed by atoms with Gasteiger partial charge >= 0.3 is 0 Å². The minimum absolute atomic E-state index is 0.0600. The third kappa shape index (κ3) is 5.68. The number of aromatic nitrogens is 4. The number of thioether (sulfide) groups is 1. The number of imidazole rings is 1. The van der Waals surface area contributed by atoms with Crippen LogP contribution in [0.2, 0.25) is 10.0 Å². The van der Waals surface area contributed by atoms with Crippen LogP contribution in [0, 0.1) is 0 Å². The maximum atomic E-state index is 14.5. The Labute approximate surface area is 289 Å². The molecule has 2 aromatic heterocycles. The van der Waals surface area contributed by atoms with Crippen LogP contribution in [-0.4, -0.2) is 73.5 Å². The van der Waals surface area contributed by atoms with Gasteiger partial charge in [-0.25, -0.2) is 28.3 Å². The largest absolute Gasteiger partial charge is 0.304 e. The van der Waals surface area contributed by atoms with Crippen molar-refractivity contribution in [2.45, 2.75) is 42.8 Å². The zero-order chi connectivity index (χ0) is 33.8. The lowest BCUT2D eigenvalue weighted by atomic mass is 9.91. The van der Waals surface area contributed by atoms with E-state index in [1.165, 1.54) is 28.1 Å². The van der Waals surface area contributed by atoms with Gasteiger partial charge in [-0.2, -0.15) is 9.30 Å². The van der Waals surface area contributed by atoms with E-state index in [1.54, 1.807) is 31.5 Å². The molecule has 48 heavy (non-hydrogen) atoms. The number of halogens is 2. The van der Waals surface area contributed by atoms with Crippen molar-refractivity contribution in [2.24, 2.45) is 4.99 Å². The van der Waals surface area contributed by atoms with E-state index in [-0.39, 0.29) is 57.2 Å². The number of hydrogen-bond donors (Lipinski definition) is 1. The summed E-state index contributed by atoms with van der Waals surface area (Å²) in [5.41, 5.74) is 1.27. The van der Waals surface area contributed by atoms with Crippen molar-refractivity contribution >= 4 is 79.5 Å². The SMILES string of the molecule is CC1(Cc2ccc(-c3cncnc3)cc2)C(=O)N(c2cc(Cl)cc(Cl)c2)c2ncc(S(=O)(=O)N3CCCC3C(=O)N=C3NC(=O)CS3)n21. The maximum absolute atomic E-state index is 14.5. The van der Waals surface area contributed by atoms with Crippen LogP contribution < -0.4 is 10.2 Å². The number of benzene rings is 2. The van der Waals surface area contributed by atoms with Crippen LogP contribution in [0.1, 0.15) is 25.3 Å². The van der Waals surface area contributed by atoms with E-state index >= 15 is 0 Å². The number of nitrogens with zero attached hydrogens (tertiary/aromatic N) is 7. The average molecular weight is 726 g/mol. The van der Waals surface area contributed by atoms with Gasteiger partial charge in [-0.1, -0.05) is 59.2 Å². The fourth-order valence-electron chi connectivity index (χ4n) is 6.23. The standard InChI is InChI=1S/C31H26Cl2N8O5S2/c1-31(12-18-4-6-19(7-5-18)20-13-34-17-35-14-20)28(44)40(23-10-21(32)9-22(33)11-23)30-36-15-26(41(30)31)48(45,46)39-8-2-3-24(39)27(43)38-29-37-25(42)16-47-29/h4-7,9-11,13-15,17,24H,2-3,8,12,16H2,1H3,(H,37,38,42,43). The average Bonchev–Trinajstić information content (AvgIpc) is 3.85. The number of amidine groups is 1. The highest BCUT2D eigenvalue weighted by Gasteiger charge is 2.53. The summed E-state index contributed by atoms with van der Waals surface area (Å²) in [4.78, 5) is 57.3. The number of carbonyl (C=O) groups excluding carboxylic acids is 3.